The molecule has 0 aromatic heterocycles. The van der Waals surface area contributed by atoms with E-state index in [-0.39, 0.29) is 0 Å². The van der Waals surface area contributed by atoms with Crippen LogP contribution in [-0.4, -0.2) is 66.9 Å². The summed E-state index contributed by atoms with van der Waals surface area (Å²) in [5.74, 6) is -2.91. The average molecular weight is 262 g/mol. The predicted octanol–water partition coefficient (Wildman–Crippen LogP) is -0.541. The minimum Gasteiger partial charge on any atom is -0.473 e. The van der Waals surface area contributed by atoms with E-state index < -0.39 is 11.9 Å². The quantitative estimate of drug-likeness (QED) is 0.450. The molecule has 0 aromatic rings. The smallest absolute Gasteiger partial charge is 0.414 e. The van der Waals surface area contributed by atoms with Crippen LogP contribution in [0.2, 0.25) is 0 Å². The van der Waals surface area contributed by atoms with Gasteiger partial charge in [0.05, 0.1) is 0 Å². The summed E-state index contributed by atoms with van der Waals surface area (Å²) in [6, 6.07) is 0. The summed E-state index contributed by atoms with van der Waals surface area (Å²) in [7, 11) is 1.76. The van der Waals surface area contributed by atoms with Gasteiger partial charge in [-0.15, -0.1) is 0 Å². The largest absolute Gasteiger partial charge is 0.473 e. The van der Waals surface area contributed by atoms with E-state index in [2.05, 4.69) is 4.90 Å². The summed E-state index contributed by atoms with van der Waals surface area (Å²) in [6.07, 6.45) is 2.43. The van der Waals surface area contributed by atoms with Crippen molar-refractivity contribution < 1.29 is 24.5 Å². The second kappa shape index (κ2) is 9.81. The van der Waals surface area contributed by atoms with Gasteiger partial charge in [-0.3, -0.25) is 0 Å². The van der Waals surface area contributed by atoms with Gasteiger partial charge < -0.3 is 25.6 Å². The van der Waals surface area contributed by atoms with E-state index in [0.29, 0.717) is 0 Å². The van der Waals surface area contributed by atoms with E-state index in [1.807, 2.05) is 0 Å². The van der Waals surface area contributed by atoms with E-state index in [9.17, 15) is 0 Å². The van der Waals surface area contributed by atoms with E-state index >= 15 is 0 Å². The maximum atomic E-state index is 9.10. The van der Waals surface area contributed by atoms with Crippen LogP contribution in [0, 0.1) is 5.92 Å². The molecule has 0 amide bonds. The molecule has 1 fully saturated rings. The zero-order valence-corrected chi connectivity index (χ0v) is 10.7. The number of likely N-dealkylation sites (tertiary alicyclic amines) is 1. The van der Waals surface area contributed by atoms with Crippen molar-refractivity contribution >= 4 is 11.9 Å². The number of rotatable bonds is 5. The Morgan fingerprint density at radius 1 is 1.39 bits per heavy atom. The van der Waals surface area contributed by atoms with Crippen LogP contribution in [0.5, 0.6) is 0 Å². The van der Waals surface area contributed by atoms with E-state index in [1.165, 1.54) is 26.1 Å². The molecule has 0 saturated carbocycles. The second-order valence-electron chi connectivity index (χ2n) is 4.15. The molecule has 1 unspecified atom stereocenters. The molecule has 1 aliphatic rings. The molecule has 1 atom stereocenters. The number of methoxy groups -OCH3 is 1. The number of nitrogens with two attached hydrogens (primary N) is 1. The first kappa shape index (κ1) is 16.8. The number of ether oxygens (including phenoxy) is 1. The van der Waals surface area contributed by atoms with Gasteiger partial charge in [0.25, 0.3) is 0 Å². The minimum atomic E-state index is -1.82. The molecule has 0 radical (unpaired) electrons. The molecule has 7 nitrogen and oxygen atoms in total. The Morgan fingerprint density at radius 3 is 2.39 bits per heavy atom. The number of hydrogen-bond donors (Lipinski definition) is 3. The van der Waals surface area contributed by atoms with Crippen LogP contribution in [0.15, 0.2) is 0 Å². The van der Waals surface area contributed by atoms with E-state index in [4.69, 9.17) is 30.3 Å². The van der Waals surface area contributed by atoms with Gasteiger partial charge >= 0.3 is 11.9 Å². The Kier molecular flexibility index (Phi) is 9.17. The Bertz CT molecular complexity index is 248. The van der Waals surface area contributed by atoms with Gasteiger partial charge in [-0.25, -0.2) is 9.59 Å². The molecule has 18 heavy (non-hydrogen) atoms. The highest BCUT2D eigenvalue weighted by Crippen LogP contribution is 2.14. The topological polar surface area (TPSA) is 113 Å². The van der Waals surface area contributed by atoms with Crippen molar-refractivity contribution in [1.82, 2.24) is 4.90 Å². The first-order valence-corrected chi connectivity index (χ1v) is 5.88. The molecular weight excluding hydrogens is 240 g/mol. The summed E-state index contributed by atoms with van der Waals surface area (Å²) in [5, 5.41) is 14.8. The van der Waals surface area contributed by atoms with Crippen LogP contribution in [0.25, 0.3) is 0 Å². The molecule has 1 aliphatic heterocycles. The van der Waals surface area contributed by atoms with Gasteiger partial charge in [0.15, 0.2) is 0 Å². The van der Waals surface area contributed by atoms with Crippen LogP contribution >= 0.6 is 0 Å². The fourth-order valence-electron chi connectivity index (χ4n) is 1.74. The van der Waals surface area contributed by atoms with Crippen molar-refractivity contribution in [2.24, 2.45) is 11.7 Å². The Labute approximate surface area is 107 Å². The number of nitrogens with zero attached hydrogens (tertiary/aromatic N) is 1. The molecule has 1 rings (SSSR count). The zero-order chi connectivity index (χ0) is 14.0. The van der Waals surface area contributed by atoms with Crippen LogP contribution in [0.3, 0.4) is 0 Å². The Balaban J connectivity index is 0.000000411. The molecule has 0 aliphatic carbocycles. The molecule has 0 spiro atoms. The number of carboxylic acids is 2. The lowest BCUT2D eigenvalue weighted by Crippen LogP contribution is -2.24. The van der Waals surface area contributed by atoms with Crippen LogP contribution < -0.4 is 5.73 Å². The normalized spacial score (nSPS) is 19.1. The Morgan fingerprint density at radius 2 is 2.00 bits per heavy atom. The van der Waals surface area contributed by atoms with Gasteiger partial charge in [-0.1, -0.05) is 0 Å². The molecule has 0 aromatic carbocycles. The maximum absolute atomic E-state index is 9.10. The molecule has 1 heterocycles. The zero-order valence-electron chi connectivity index (χ0n) is 10.7. The fourth-order valence-corrected chi connectivity index (χ4v) is 1.74. The van der Waals surface area contributed by atoms with Gasteiger partial charge in [-0.2, -0.15) is 0 Å². The molecule has 7 heteroatoms. The minimum absolute atomic E-state index is 0.743. The molecule has 0 bridgehead atoms. The highest BCUT2D eigenvalue weighted by Gasteiger charge is 2.19. The molecule has 4 N–H and O–H groups in total. The molecule has 106 valence electrons. The van der Waals surface area contributed by atoms with E-state index in [1.54, 1.807) is 7.11 Å². The predicted molar refractivity (Wildman–Crippen MR) is 65.4 cm³/mol. The van der Waals surface area contributed by atoms with Gasteiger partial charge in [-0.05, 0) is 31.8 Å². The summed E-state index contributed by atoms with van der Waals surface area (Å²) in [5.41, 5.74) is 5.60. The van der Waals surface area contributed by atoms with Crippen molar-refractivity contribution in [3.63, 3.8) is 0 Å². The van der Waals surface area contributed by atoms with Crippen molar-refractivity contribution in [3.8, 4) is 0 Å². The number of hydrogen-bond acceptors (Lipinski definition) is 5. The first-order chi connectivity index (χ1) is 8.51. The third-order valence-corrected chi connectivity index (χ3v) is 2.71. The summed E-state index contributed by atoms with van der Waals surface area (Å²) < 4.78 is 5.00. The van der Waals surface area contributed by atoms with E-state index in [0.717, 1.165) is 25.5 Å². The average Bonchev–Trinajstić information content (AvgIpc) is 2.78. The lowest BCUT2D eigenvalue weighted by atomic mass is 10.1. The third kappa shape index (κ3) is 7.99. The highest BCUT2D eigenvalue weighted by atomic mass is 16.5. The standard InChI is InChI=1S/C9H20N2O.C2H2O4/c1-12-6-2-4-11-5-3-9(7-10)8-11;3-1(4)2(5)6/h9H,2-8,10H2,1H3;(H,3,4)(H,5,6). The fraction of sp³-hybridized carbons (Fsp3) is 0.818. The summed E-state index contributed by atoms with van der Waals surface area (Å²) in [4.78, 5) is 20.7. The molecular formula is C11H22N2O5. The SMILES string of the molecule is COCCCN1CCC(CN)C1.O=C(O)C(=O)O. The molecule has 1 saturated heterocycles. The second-order valence-corrected chi connectivity index (χ2v) is 4.15. The van der Waals surface area contributed by atoms with Crippen molar-refractivity contribution in [1.29, 1.82) is 0 Å². The first-order valence-electron chi connectivity index (χ1n) is 5.88. The van der Waals surface area contributed by atoms with Gasteiger partial charge in [0, 0.05) is 26.8 Å². The number of carbonyl (C=O) groups is 2. The monoisotopic (exact) mass is 262 g/mol. The number of carboxylic acid groups (broad SMARTS) is 2. The van der Waals surface area contributed by atoms with Crippen molar-refractivity contribution in [2.45, 2.75) is 12.8 Å². The van der Waals surface area contributed by atoms with Crippen molar-refractivity contribution in [2.75, 3.05) is 39.9 Å². The highest BCUT2D eigenvalue weighted by molar-refractivity contribution is 6.27. The van der Waals surface area contributed by atoms with Crippen LogP contribution in [-0.2, 0) is 14.3 Å². The van der Waals surface area contributed by atoms with Crippen LogP contribution in [0.1, 0.15) is 12.8 Å². The maximum Gasteiger partial charge on any atom is 0.414 e. The summed E-state index contributed by atoms with van der Waals surface area (Å²) in [6.45, 7) is 5.32. The summed E-state index contributed by atoms with van der Waals surface area (Å²) >= 11 is 0. The van der Waals surface area contributed by atoms with Crippen LogP contribution in [0.4, 0.5) is 0 Å². The van der Waals surface area contributed by atoms with Gasteiger partial charge in [0.2, 0.25) is 0 Å². The Hall–Kier alpha value is -1.18. The third-order valence-electron chi connectivity index (χ3n) is 2.71. The lowest BCUT2D eigenvalue weighted by molar-refractivity contribution is -0.159. The number of aliphatic carboxylic acids is 2. The van der Waals surface area contributed by atoms with Crippen molar-refractivity contribution in [3.05, 3.63) is 0 Å². The van der Waals surface area contributed by atoms with Gasteiger partial charge in [0.1, 0.15) is 0 Å². The lowest BCUT2D eigenvalue weighted by Gasteiger charge is -2.14.